The summed E-state index contributed by atoms with van der Waals surface area (Å²) in [6.07, 6.45) is 3.91. The van der Waals surface area contributed by atoms with Crippen LogP contribution in [0.25, 0.3) is 0 Å². The molecule has 1 rings (SSSR count). The number of hydrogen-bond acceptors (Lipinski definition) is 3. The van der Waals surface area contributed by atoms with Gasteiger partial charge in [-0.1, -0.05) is 0 Å². The van der Waals surface area contributed by atoms with E-state index in [1.807, 2.05) is 0 Å². The zero-order valence-corrected chi connectivity index (χ0v) is 9.01. The Morgan fingerprint density at radius 1 is 1.44 bits per heavy atom. The summed E-state index contributed by atoms with van der Waals surface area (Å²) in [4.78, 5) is 25.9. The van der Waals surface area contributed by atoms with Crippen LogP contribution in [0.15, 0.2) is 24.5 Å². The number of primary amides is 1. The number of hydrogen-bond donors (Lipinski definition) is 2. The second kappa shape index (κ2) is 4.74. The standard InChI is InChI=1S/C11H14N2O3/c1-11(9(12)14,10(15)16)5-2-8-3-6-13-7-4-8/h3-4,6-7H,2,5H2,1H3,(H2,12,14)(H,15,16). The normalized spacial score (nSPS) is 14.1. The van der Waals surface area contributed by atoms with Crippen molar-refractivity contribution < 1.29 is 14.7 Å². The van der Waals surface area contributed by atoms with Gasteiger partial charge in [0.05, 0.1) is 0 Å². The van der Waals surface area contributed by atoms with Crippen molar-refractivity contribution in [3.8, 4) is 0 Å². The maximum absolute atomic E-state index is 11.1. The molecule has 0 fully saturated rings. The van der Waals surface area contributed by atoms with E-state index in [9.17, 15) is 9.59 Å². The van der Waals surface area contributed by atoms with E-state index in [-0.39, 0.29) is 6.42 Å². The number of carbonyl (C=O) groups excluding carboxylic acids is 1. The van der Waals surface area contributed by atoms with E-state index in [2.05, 4.69) is 4.98 Å². The molecule has 5 nitrogen and oxygen atoms in total. The molecule has 0 aliphatic carbocycles. The molecule has 0 spiro atoms. The first-order valence-electron chi connectivity index (χ1n) is 4.89. The first kappa shape index (κ1) is 12.2. The Labute approximate surface area is 93.3 Å². The topological polar surface area (TPSA) is 93.3 Å². The van der Waals surface area contributed by atoms with E-state index >= 15 is 0 Å². The molecule has 1 aromatic heterocycles. The molecule has 5 heteroatoms. The van der Waals surface area contributed by atoms with Gasteiger partial charge in [-0.05, 0) is 37.5 Å². The first-order valence-corrected chi connectivity index (χ1v) is 4.89. The van der Waals surface area contributed by atoms with Gasteiger partial charge in [-0.3, -0.25) is 14.6 Å². The molecule has 0 saturated carbocycles. The minimum Gasteiger partial charge on any atom is -0.480 e. The molecule has 16 heavy (non-hydrogen) atoms. The van der Waals surface area contributed by atoms with Crippen molar-refractivity contribution in [3.05, 3.63) is 30.1 Å². The minimum atomic E-state index is -1.51. The Kier molecular flexibility index (Phi) is 3.60. The van der Waals surface area contributed by atoms with Crippen LogP contribution in [-0.2, 0) is 16.0 Å². The SMILES string of the molecule is CC(CCc1ccncc1)(C(N)=O)C(=O)O. The first-order chi connectivity index (χ1) is 7.47. The maximum Gasteiger partial charge on any atom is 0.318 e. The van der Waals surface area contributed by atoms with Crippen molar-refractivity contribution in [2.75, 3.05) is 0 Å². The lowest BCUT2D eigenvalue weighted by atomic mass is 9.83. The zero-order valence-electron chi connectivity index (χ0n) is 9.01. The summed E-state index contributed by atoms with van der Waals surface area (Å²) in [5.41, 5.74) is 4.53. The molecule has 1 amide bonds. The highest BCUT2D eigenvalue weighted by atomic mass is 16.4. The predicted molar refractivity (Wildman–Crippen MR) is 57.5 cm³/mol. The van der Waals surface area contributed by atoms with Gasteiger partial charge in [-0.25, -0.2) is 0 Å². The summed E-state index contributed by atoms with van der Waals surface area (Å²) < 4.78 is 0. The molecule has 1 unspecified atom stereocenters. The van der Waals surface area contributed by atoms with Crippen LogP contribution in [0.4, 0.5) is 0 Å². The van der Waals surface area contributed by atoms with Crippen LogP contribution < -0.4 is 5.73 Å². The van der Waals surface area contributed by atoms with Gasteiger partial charge in [0.15, 0.2) is 0 Å². The Hall–Kier alpha value is -1.91. The molecule has 86 valence electrons. The average Bonchev–Trinajstić information content (AvgIpc) is 2.26. The number of pyridine rings is 1. The third-order valence-corrected chi connectivity index (χ3v) is 2.68. The second-order valence-corrected chi connectivity index (χ2v) is 3.86. The number of rotatable bonds is 5. The van der Waals surface area contributed by atoms with Crippen molar-refractivity contribution in [2.24, 2.45) is 11.1 Å². The second-order valence-electron chi connectivity index (χ2n) is 3.86. The summed E-state index contributed by atoms with van der Waals surface area (Å²) in [5.74, 6) is -2.00. The number of carboxylic acid groups (broad SMARTS) is 1. The monoisotopic (exact) mass is 222 g/mol. The van der Waals surface area contributed by atoms with E-state index in [4.69, 9.17) is 10.8 Å². The molecule has 0 saturated heterocycles. The fourth-order valence-corrected chi connectivity index (χ4v) is 1.28. The van der Waals surface area contributed by atoms with E-state index in [0.717, 1.165) is 5.56 Å². The largest absolute Gasteiger partial charge is 0.480 e. The van der Waals surface area contributed by atoms with Crippen LogP contribution >= 0.6 is 0 Å². The van der Waals surface area contributed by atoms with Crippen molar-refractivity contribution in [1.82, 2.24) is 4.98 Å². The Morgan fingerprint density at radius 2 is 2.00 bits per heavy atom. The van der Waals surface area contributed by atoms with Crippen LogP contribution in [0.2, 0.25) is 0 Å². The summed E-state index contributed by atoms with van der Waals surface area (Å²) in [6, 6.07) is 3.56. The van der Waals surface area contributed by atoms with E-state index in [1.54, 1.807) is 24.5 Å². The van der Waals surface area contributed by atoms with E-state index < -0.39 is 17.3 Å². The molecule has 0 radical (unpaired) electrons. The van der Waals surface area contributed by atoms with Crippen molar-refractivity contribution in [1.29, 1.82) is 0 Å². The molecule has 1 atom stereocenters. The fraction of sp³-hybridized carbons (Fsp3) is 0.364. The van der Waals surface area contributed by atoms with Crippen molar-refractivity contribution in [3.63, 3.8) is 0 Å². The third kappa shape index (κ3) is 2.56. The van der Waals surface area contributed by atoms with Gasteiger partial charge in [0, 0.05) is 12.4 Å². The third-order valence-electron chi connectivity index (χ3n) is 2.68. The van der Waals surface area contributed by atoms with Crippen molar-refractivity contribution >= 4 is 11.9 Å². The molecular weight excluding hydrogens is 208 g/mol. The predicted octanol–water partition coefficient (Wildman–Crippen LogP) is 0.590. The fourth-order valence-electron chi connectivity index (χ4n) is 1.28. The van der Waals surface area contributed by atoms with Gasteiger partial charge >= 0.3 is 5.97 Å². The minimum absolute atomic E-state index is 0.182. The van der Waals surface area contributed by atoms with Gasteiger partial charge < -0.3 is 10.8 Å². The molecule has 0 aliphatic rings. The quantitative estimate of drug-likeness (QED) is 0.713. The number of aromatic nitrogens is 1. The number of carbonyl (C=O) groups is 2. The van der Waals surface area contributed by atoms with Crippen LogP contribution in [-0.4, -0.2) is 22.0 Å². The van der Waals surface area contributed by atoms with Crippen LogP contribution in [0.3, 0.4) is 0 Å². The lowest BCUT2D eigenvalue weighted by molar-refractivity contribution is -0.153. The molecule has 0 bridgehead atoms. The Morgan fingerprint density at radius 3 is 2.44 bits per heavy atom. The number of carboxylic acids is 1. The average molecular weight is 222 g/mol. The maximum atomic E-state index is 11.1. The van der Waals surface area contributed by atoms with Gasteiger partial charge in [-0.2, -0.15) is 0 Å². The van der Waals surface area contributed by atoms with Gasteiger partial charge in [0.2, 0.25) is 5.91 Å². The Bertz CT molecular complexity index is 375. The Balaban J connectivity index is 2.72. The van der Waals surface area contributed by atoms with Gasteiger partial charge in [-0.15, -0.1) is 0 Å². The lowest BCUT2D eigenvalue weighted by Gasteiger charge is -2.20. The molecule has 1 heterocycles. The number of nitrogens with zero attached hydrogens (tertiary/aromatic N) is 1. The van der Waals surface area contributed by atoms with Crippen LogP contribution in [0.5, 0.6) is 0 Å². The summed E-state index contributed by atoms with van der Waals surface area (Å²) in [6.45, 7) is 1.35. The molecule has 3 N–H and O–H groups in total. The number of aliphatic carboxylic acids is 1. The highest BCUT2D eigenvalue weighted by molar-refractivity contribution is 6.00. The van der Waals surface area contributed by atoms with E-state index in [1.165, 1.54) is 6.92 Å². The smallest absolute Gasteiger partial charge is 0.318 e. The van der Waals surface area contributed by atoms with Gasteiger partial charge in [0.25, 0.3) is 0 Å². The van der Waals surface area contributed by atoms with Crippen LogP contribution in [0, 0.1) is 5.41 Å². The summed E-state index contributed by atoms with van der Waals surface area (Å²) in [7, 11) is 0. The van der Waals surface area contributed by atoms with Crippen LogP contribution in [0.1, 0.15) is 18.9 Å². The summed E-state index contributed by atoms with van der Waals surface area (Å²) in [5, 5.41) is 8.97. The highest BCUT2D eigenvalue weighted by Gasteiger charge is 2.38. The number of aryl methyl sites for hydroxylation is 1. The van der Waals surface area contributed by atoms with Crippen molar-refractivity contribution in [2.45, 2.75) is 19.8 Å². The summed E-state index contributed by atoms with van der Waals surface area (Å²) >= 11 is 0. The molecule has 0 aromatic carbocycles. The number of amides is 1. The highest BCUT2D eigenvalue weighted by Crippen LogP contribution is 2.23. The molecule has 0 aliphatic heterocycles. The molecule has 1 aromatic rings. The zero-order chi connectivity index (χ0) is 12.2. The lowest BCUT2D eigenvalue weighted by Crippen LogP contribution is -2.41. The van der Waals surface area contributed by atoms with E-state index in [0.29, 0.717) is 6.42 Å². The van der Waals surface area contributed by atoms with Gasteiger partial charge in [0.1, 0.15) is 5.41 Å². The number of nitrogens with two attached hydrogens (primary N) is 1. The molecular formula is C11H14N2O3.